The van der Waals surface area contributed by atoms with Gasteiger partial charge in [-0.3, -0.25) is 0 Å². The number of halogens is 1. The van der Waals surface area contributed by atoms with Gasteiger partial charge in [0, 0.05) is 0 Å². The number of hydrogen-bond donors (Lipinski definition) is 1. The topological polar surface area (TPSA) is 29.5 Å². The third-order valence-electron chi connectivity index (χ3n) is 4.72. The molecule has 3 heteroatoms. The van der Waals surface area contributed by atoms with Crippen molar-refractivity contribution in [3.05, 3.63) is 28.8 Å². The summed E-state index contributed by atoms with van der Waals surface area (Å²) in [5, 5.41) is 11.2. The molecule has 2 nitrogen and oxygen atoms in total. The zero-order valence-electron chi connectivity index (χ0n) is 10.6. The number of aliphatic hydroxyl groups excluding tert-OH is 1. The summed E-state index contributed by atoms with van der Waals surface area (Å²) in [6, 6.07) is 5.60. The van der Waals surface area contributed by atoms with E-state index in [4.69, 9.17) is 16.3 Å². The molecule has 2 bridgehead atoms. The molecule has 0 radical (unpaired) electrons. The van der Waals surface area contributed by atoms with Crippen LogP contribution in [-0.4, -0.2) is 12.2 Å². The first kappa shape index (κ1) is 12.3. The molecule has 2 saturated carbocycles. The minimum Gasteiger partial charge on any atom is -0.495 e. The second-order valence-corrected chi connectivity index (χ2v) is 6.08. The average Bonchev–Trinajstić information content (AvgIpc) is 3.00. The maximum absolute atomic E-state index is 10.6. The number of ether oxygens (including phenoxy) is 1. The van der Waals surface area contributed by atoms with E-state index >= 15 is 0 Å². The maximum atomic E-state index is 10.6. The lowest BCUT2D eigenvalue weighted by Gasteiger charge is -2.27. The molecule has 4 atom stereocenters. The Morgan fingerprint density at radius 3 is 2.78 bits per heavy atom. The molecular formula is C15H19ClO2. The Kier molecular flexibility index (Phi) is 3.25. The first-order chi connectivity index (χ1) is 8.69. The normalized spacial score (nSPS) is 31.6. The molecule has 1 aromatic rings. The smallest absolute Gasteiger partial charge is 0.137 e. The first-order valence-corrected chi connectivity index (χ1v) is 7.08. The van der Waals surface area contributed by atoms with Crippen LogP contribution in [0, 0.1) is 17.8 Å². The lowest BCUT2D eigenvalue weighted by Crippen LogP contribution is -2.19. The van der Waals surface area contributed by atoms with Gasteiger partial charge in [-0.25, -0.2) is 0 Å². The lowest BCUT2D eigenvalue weighted by atomic mass is 9.82. The van der Waals surface area contributed by atoms with E-state index in [2.05, 4.69) is 0 Å². The molecule has 2 aliphatic rings. The molecule has 0 aliphatic heterocycles. The molecule has 1 N–H and O–H groups in total. The fourth-order valence-corrected chi connectivity index (χ4v) is 3.98. The second-order valence-electron chi connectivity index (χ2n) is 5.68. The van der Waals surface area contributed by atoms with E-state index in [9.17, 15) is 5.11 Å². The van der Waals surface area contributed by atoms with Crippen molar-refractivity contribution in [1.82, 2.24) is 0 Å². The monoisotopic (exact) mass is 266 g/mol. The van der Waals surface area contributed by atoms with Crippen LogP contribution >= 0.6 is 11.6 Å². The number of benzene rings is 1. The number of fused-ring (bicyclic) bond motifs is 2. The van der Waals surface area contributed by atoms with Gasteiger partial charge < -0.3 is 9.84 Å². The van der Waals surface area contributed by atoms with Crippen LogP contribution in [0.2, 0.25) is 5.02 Å². The van der Waals surface area contributed by atoms with Crippen molar-refractivity contribution in [3.63, 3.8) is 0 Å². The van der Waals surface area contributed by atoms with Crippen LogP contribution in [-0.2, 0) is 0 Å². The highest BCUT2D eigenvalue weighted by atomic mass is 35.5. The Morgan fingerprint density at radius 2 is 2.17 bits per heavy atom. The van der Waals surface area contributed by atoms with E-state index in [-0.39, 0.29) is 6.10 Å². The standard InChI is InChI=1S/C15H19ClO2/c1-18-14-8-11(4-5-13(14)16)15(17)12-7-9-2-3-10(12)6-9/h4-5,8-10,12,15,17H,2-3,6-7H2,1H3. The largest absolute Gasteiger partial charge is 0.495 e. The van der Waals surface area contributed by atoms with Crippen molar-refractivity contribution in [2.24, 2.45) is 17.8 Å². The Balaban J connectivity index is 1.82. The van der Waals surface area contributed by atoms with E-state index in [1.165, 1.54) is 25.7 Å². The Morgan fingerprint density at radius 1 is 1.33 bits per heavy atom. The molecule has 0 amide bonds. The van der Waals surface area contributed by atoms with Gasteiger partial charge >= 0.3 is 0 Å². The molecule has 98 valence electrons. The van der Waals surface area contributed by atoms with Crippen LogP contribution in [0.4, 0.5) is 0 Å². The van der Waals surface area contributed by atoms with E-state index in [1.54, 1.807) is 7.11 Å². The summed E-state index contributed by atoms with van der Waals surface area (Å²) in [6.45, 7) is 0. The fraction of sp³-hybridized carbons (Fsp3) is 0.600. The van der Waals surface area contributed by atoms with Crippen LogP contribution < -0.4 is 4.74 Å². The van der Waals surface area contributed by atoms with Gasteiger partial charge in [-0.15, -0.1) is 0 Å². The molecule has 4 unspecified atom stereocenters. The predicted octanol–water partition coefficient (Wildman–Crippen LogP) is 3.82. The van der Waals surface area contributed by atoms with Gasteiger partial charge in [0.15, 0.2) is 0 Å². The Labute approximate surface area is 113 Å². The van der Waals surface area contributed by atoms with Crippen molar-refractivity contribution in [2.45, 2.75) is 31.8 Å². The van der Waals surface area contributed by atoms with Gasteiger partial charge in [-0.2, -0.15) is 0 Å². The number of methoxy groups -OCH3 is 1. The van der Waals surface area contributed by atoms with E-state index in [0.29, 0.717) is 22.6 Å². The van der Waals surface area contributed by atoms with Crippen molar-refractivity contribution in [3.8, 4) is 5.75 Å². The fourth-order valence-electron chi connectivity index (χ4n) is 3.79. The Bertz CT molecular complexity index is 446. The number of aliphatic hydroxyl groups is 1. The third kappa shape index (κ3) is 2.02. The zero-order chi connectivity index (χ0) is 12.7. The van der Waals surface area contributed by atoms with Crippen molar-refractivity contribution in [2.75, 3.05) is 7.11 Å². The van der Waals surface area contributed by atoms with Gasteiger partial charge in [0.2, 0.25) is 0 Å². The van der Waals surface area contributed by atoms with Crippen LogP contribution in [0.1, 0.15) is 37.4 Å². The molecule has 0 aromatic heterocycles. The van der Waals surface area contributed by atoms with Gasteiger partial charge in [-0.1, -0.05) is 24.1 Å². The van der Waals surface area contributed by atoms with Crippen LogP contribution in [0.15, 0.2) is 18.2 Å². The second kappa shape index (κ2) is 4.75. The van der Waals surface area contributed by atoms with Crippen molar-refractivity contribution in [1.29, 1.82) is 0 Å². The van der Waals surface area contributed by atoms with Crippen molar-refractivity contribution >= 4 is 11.6 Å². The van der Waals surface area contributed by atoms with Gasteiger partial charge in [-0.05, 0) is 54.7 Å². The summed E-state index contributed by atoms with van der Waals surface area (Å²) in [5.74, 6) is 2.64. The van der Waals surface area contributed by atoms with E-state index in [1.807, 2.05) is 18.2 Å². The van der Waals surface area contributed by atoms with E-state index < -0.39 is 0 Å². The molecular weight excluding hydrogens is 248 g/mol. The first-order valence-electron chi connectivity index (χ1n) is 6.70. The Hall–Kier alpha value is -0.730. The van der Waals surface area contributed by atoms with Gasteiger partial charge in [0.25, 0.3) is 0 Å². The molecule has 1 aromatic carbocycles. The summed E-state index contributed by atoms with van der Waals surface area (Å²) in [7, 11) is 1.61. The summed E-state index contributed by atoms with van der Waals surface area (Å²) in [5.41, 5.74) is 0.939. The molecule has 3 rings (SSSR count). The molecule has 18 heavy (non-hydrogen) atoms. The summed E-state index contributed by atoms with van der Waals surface area (Å²) in [6.07, 6.45) is 4.77. The number of hydrogen-bond acceptors (Lipinski definition) is 2. The highest BCUT2D eigenvalue weighted by molar-refractivity contribution is 6.32. The van der Waals surface area contributed by atoms with Crippen molar-refractivity contribution < 1.29 is 9.84 Å². The quantitative estimate of drug-likeness (QED) is 0.901. The van der Waals surface area contributed by atoms with Gasteiger partial charge in [0.1, 0.15) is 5.75 Å². The minimum atomic E-state index is -0.369. The van der Waals surface area contributed by atoms with Crippen LogP contribution in [0.5, 0.6) is 5.75 Å². The summed E-state index contributed by atoms with van der Waals surface area (Å²) < 4.78 is 5.22. The summed E-state index contributed by atoms with van der Waals surface area (Å²) in [4.78, 5) is 0. The van der Waals surface area contributed by atoms with Crippen LogP contribution in [0.25, 0.3) is 0 Å². The number of rotatable bonds is 3. The molecule has 0 heterocycles. The van der Waals surface area contributed by atoms with Gasteiger partial charge in [0.05, 0.1) is 18.2 Å². The highest BCUT2D eigenvalue weighted by Crippen LogP contribution is 2.52. The maximum Gasteiger partial charge on any atom is 0.137 e. The minimum absolute atomic E-state index is 0.369. The lowest BCUT2D eigenvalue weighted by molar-refractivity contribution is 0.0743. The van der Waals surface area contributed by atoms with E-state index in [0.717, 1.165) is 11.5 Å². The molecule has 0 spiro atoms. The third-order valence-corrected chi connectivity index (χ3v) is 5.03. The SMILES string of the molecule is COc1cc(C(O)C2CC3CCC2C3)ccc1Cl. The average molecular weight is 267 g/mol. The molecule has 0 saturated heterocycles. The zero-order valence-corrected chi connectivity index (χ0v) is 11.4. The summed E-state index contributed by atoms with van der Waals surface area (Å²) >= 11 is 6.02. The molecule has 2 aliphatic carbocycles. The molecule has 2 fully saturated rings. The van der Waals surface area contributed by atoms with Crippen LogP contribution in [0.3, 0.4) is 0 Å². The highest BCUT2D eigenvalue weighted by Gasteiger charge is 2.43. The predicted molar refractivity (Wildman–Crippen MR) is 71.9 cm³/mol.